The van der Waals surface area contributed by atoms with Crippen molar-refractivity contribution in [2.45, 2.75) is 13.8 Å². The van der Waals surface area contributed by atoms with E-state index in [4.69, 9.17) is 14.8 Å². The molecule has 1 rings (SSSR count). The molecule has 0 amide bonds. The Morgan fingerprint density at radius 1 is 1.42 bits per heavy atom. The summed E-state index contributed by atoms with van der Waals surface area (Å²) in [6.45, 7) is 5.35. The van der Waals surface area contributed by atoms with Crippen LogP contribution < -0.4 is 5.73 Å². The Labute approximate surface area is 73.0 Å². The fraction of sp³-hybridized carbons (Fsp3) is 1.00. The maximum absolute atomic E-state index is 11.6. The van der Waals surface area contributed by atoms with Gasteiger partial charge in [-0.05, 0) is 0 Å². The third kappa shape index (κ3) is 2.56. The number of rotatable bonds is 2. The van der Waals surface area contributed by atoms with E-state index < -0.39 is 7.60 Å². The standard InChI is InChI=1S/C7H16NO3P/c1-7(2)5-10-12(9,4-3-8)11-6-7/h3-6,8H2,1-2H3. The molecule has 0 spiro atoms. The summed E-state index contributed by atoms with van der Waals surface area (Å²) in [5.74, 6) is 0. The van der Waals surface area contributed by atoms with Gasteiger partial charge in [0.05, 0.1) is 19.4 Å². The fourth-order valence-corrected chi connectivity index (χ4v) is 2.65. The minimum atomic E-state index is -2.82. The summed E-state index contributed by atoms with van der Waals surface area (Å²) in [5, 5.41) is 0. The average molecular weight is 193 g/mol. The molecule has 0 radical (unpaired) electrons. The quantitative estimate of drug-likeness (QED) is 0.669. The van der Waals surface area contributed by atoms with Crippen molar-refractivity contribution in [3.05, 3.63) is 0 Å². The summed E-state index contributed by atoms with van der Waals surface area (Å²) in [6.07, 6.45) is 0.322. The second-order valence-electron chi connectivity index (χ2n) is 3.83. The molecule has 1 aliphatic heterocycles. The first-order chi connectivity index (χ1) is 5.47. The zero-order chi connectivity index (χ0) is 9.24. The maximum atomic E-state index is 11.6. The molecule has 4 nitrogen and oxygen atoms in total. The summed E-state index contributed by atoms with van der Waals surface area (Å²) < 4.78 is 21.9. The lowest BCUT2D eigenvalue weighted by Crippen LogP contribution is -2.30. The Kier molecular flexibility index (Phi) is 2.94. The van der Waals surface area contributed by atoms with Crippen LogP contribution in [0.1, 0.15) is 13.8 Å². The highest BCUT2D eigenvalue weighted by Gasteiger charge is 2.35. The van der Waals surface area contributed by atoms with Gasteiger partial charge in [-0.2, -0.15) is 0 Å². The third-order valence-electron chi connectivity index (χ3n) is 1.71. The van der Waals surface area contributed by atoms with E-state index in [1.807, 2.05) is 13.8 Å². The van der Waals surface area contributed by atoms with Crippen LogP contribution in [-0.4, -0.2) is 25.9 Å². The molecule has 12 heavy (non-hydrogen) atoms. The van der Waals surface area contributed by atoms with Gasteiger partial charge in [0.1, 0.15) is 0 Å². The Hall–Kier alpha value is 0.110. The van der Waals surface area contributed by atoms with Crippen molar-refractivity contribution in [3.8, 4) is 0 Å². The van der Waals surface area contributed by atoms with Crippen LogP contribution in [0.25, 0.3) is 0 Å². The Bertz CT molecular complexity index is 191. The molecule has 0 aromatic heterocycles. The molecule has 0 bridgehead atoms. The number of hydrogen-bond acceptors (Lipinski definition) is 4. The molecule has 1 fully saturated rings. The molecule has 0 aromatic carbocycles. The molecule has 0 aliphatic carbocycles. The smallest absolute Gasteiger partial charge is 0.330 e. The van der Waals surface area contributed by atoms with Gasteiger partial charge < -0.3 is 14.8 Å². The lowest BCUT2D eigenvalue weighted by atomic mass is 9.97. The van der Waals surface area contributed by atoms with E-state index in [-0.39, 0.29) is 5.41 Å². The normalized spacial score (nSPS) is 26.9. The van der Waals surface area contributed by atoms with Crippen LogP contribution in [0.3, 0.4) is 0 Å². The molecule has 0 atom stereocenters. The topological polar surface area (TPSA) is 61.5 Å². The molecule has 0 saturated carbocycles. The van der Waals surface area contributed by atoms with Crippen LogP contribution in [0.2, 0.25) is 0 Å². The second-order valence-corrected chi connectivity index (χ2v) is 6.02. The molecular formula is C7H16NO3P. The second kappa shape index (κ2) is 3.46. The van der Waals surface area contributed by atoms with Crippen LogP contribution in [0, 0.1) is 5.41 Å². The summed E-state index contributed by atoms with van der Waals surface area (Å²) in [6, 6.07) is 0. The highest BCUT2D eigenvalue weighted by molar-refractivity contribution is 7.53. The summed E-state index contributed by atoms with van der Waals surface area (Å²) in [5.41, 5.74) is 5.25. The fourth-order valence-electron chi connectivity index (χ4n) is 0.912. The number of hydrogen-bond donors (Lipinski definition) is 1. The van der Waals surface area contributed by atoms with Gasteiger partial charge in [-0.25, -0.2) is 0 Å². The van der Waals surface area contributed by atoms with Gasteiger partial charge in [0.25, 0.3) is 0 Å². The first-order valence-corrected chi connectivity index (χ1v) is 5.78. The van der Waals surface area contributed by atoms with Crippen LogP contribution in [0.15, 0.2) is 0 Å². The van der Waals surface area contributed by atoms with Crippen LogP contribution in [-0.2, 0) is 13.6 Å². The predicted octanol–water partition coefficient (Wildman–Crippen LogP) is 1.21. The summed E-state index contributed by atoms with van der Waals surface area (Å²) in [7, 11) is -2.82. The van der Waals surface area contributed by atoms with Crippen molar-refractivity contribution in [1.82, 2.24) is 0 Å². The van der Waals surface area contributed by atoms with Crippen molar-refractivity contribution < 1.29 is 13.6 Å². The monoisotopic (exact) mass is 193 g/mol. The van der Waals surface area contributed by atoms with Crippen molar-refractivity contribution in [2.75, 3.05) is 25.9 Å². The Balaban J connectivity index is 2.50. The van der Waals surface area contributed by atoms with Crippen molar-refractivity contribution >= 4 is 7.60 Å². The van der Waals surface area contributed by atoms with Gasteiger partial charge in [0.2, 0.25) is 0 Å². The highest BCUT2D eigenvalue weighted by Crippen LogP contribution is 2.52. The van der Waals surface area contributed by atoms with Crippen LogP contribution in [0.5, 0.6) is 0 Å². The lowest BCUT2D eigenvalue weighted by molar-refractivity contribution is 0.0418. The Morgan fingerprint density at radius 3 is 2.33 bits per heavy atom. The van der Waals surface area contributed by atoms with Gasteiger partial charge in [0, 0.05) is 12.0 Å². The van der Waals surface area contributed by atoms with E-state index in [1.165, 1.54) is 0 Å². The van der Waals surface area contributed by atoms with Gasteiger partial charge in [-0.3, -0.25) is 4.57 Å². The van der Waals surface area contributed by atoms with Crippen LogP contribution in [0.4, 0.5) is 0 Å². The van der Waals surface area contributed by atoms with E-state index in [0.29, 0.717) is 25.9 Å². The van der Waals surface area contributed by atoms with E-state index in [2.05, 4.69) is 0 Å². The third-order valence-corrected chi connectivity index (χ3v) is 3.56. The van der Waals surface area contributed by atoms with Gasteiger partial charge in [0.15, 0.2) is 0 Å². The van der Waals surface area contributed by atoms with Gasteiger partial charge in [-0.15, -0.1) is 0 Å². The van der Waals surface area contributed by atoms with E-state index in [0.717, 1.165) is 0 Å². The zero-order valence-electron chi connectivity index (χ0n) is 7.58. The minimum absolute atomic E-state index is 0.0253. The van der Waals surface area contributed by atoms with Crippen molar-refractivity contribution in [2.24, 2.45) is 11.1 Å². The maximum Gasteiger partial charge on any atom is 0.331 e. The SMILES string of the molecule is CC1(C)COP(=O)(CCN)OC1. The first kappa shape index (κ1) is 10.2. The summed E-state index contributed by atoms with van der Waals surface area (Å²) in [4.78, 5) is 0. The van der Waals surface area contributed by atoms with Crippen molar-refractivity contribution in [3.63, 3.8) is 0 Å². The van der Waals surface area contributed by atoms with Gasteiger partial charge >= 0.3 is 7.60 Å². The Morgan fingerprint density at radius 2 is 1.92 bits per heavy atom. The van der Waals surface area contributed by atoms with Crippen molar-refractivity contribution in [1.29, 1.82) is 0 Å². The first-order valence-electron chi connectivity index (χ1n) is 4.06. The molecule has 1 aliphatic rings. The molecule has 2 N–H and O–H groups in total. The largest absolute Gasteiger partial charge is 0.331 e. The number of nitrogens with two attached hydrogens (primary N) is 1. The molecule has 0 unspecified atom stereocenters. The molecular weight excluding hydrogens is 177 g/mol. The lowest BCUT2D eigenvalue weighted by Gasteiger charge is -2.33. The average Bonchev–Trinajstić information content (AvgIpc) is 1.98. The molecule has 0 aromatic rings. The molecule has 5 heteroatoms. The van der Waals surface area contributed by atoms with E-state index >= 15 is 0 Å². The minimum Gasteiger partial charge on any atom is -0.330 e. The predicted molar refractivity (Wildman–Crippen MR) is 47.2 cm³/mol. The van der Waals surface area contributed by atoms with E-state index in [1.54, 1.807) is 0 Å². The highest BCUT2D eigenvalue weighted by atomic mass is 31.2. The molecule has 72 valence electrons. The molecule has 1 heterocycles. The summed E-state index contributed by atoms with van der Waals surface area (Å²) >= 11 is 0. The molecule has 1 saturated heterocycles. The zero-order valence-corrected chi connectivity index (χ0v) is 8.47. The van der Waals surface area contributed by atoms with E-state index in [9.17, 15) is 4.57 Å². The van der Waals surface area contributed by atoms with Crippen LogP contribution >= 0.6 is 7.60 Å². The van der Waals surface area contributed by atoms with Gasteiger partial charge in [-0.1, -0.05) is 13.8 Å².